The summed E-state index contributed by atoms with van der Waals surface area (Å²) in [5, 5.41) is 3.04. The van der Waals surface area contributed by atoms with Crippen molar-refractivity contribution in [3.05, 3.63) is 36.9 Å². The van der Waals surface area contributed by atoms with Crippen molar-refractivity contribution in [1.82, 2.24) is 19.5 Å². The average Bonchev–Trinajstić information content (AvgIpc) is 3.17. The van der Waals surface area contributed by atoms with Gasteiger partial charge in [-0.2, -0.15) is 0 Å². The summed E-state index contributed by atoms with van der Waals surface area (Å²) in [5.41, 5.74) is 7.48. The van der Waals surface area contributed by atoms with Gasteiger partial charge in [0, 0.05) is 0 Å². The van der Waals surface area contributed by atoms with E-state index in [9.17, 15) is 9.36 Å². The third-order valence-corrected chi connectivity index (χ3v) is 5.41. The minimum Gasteiger partial charge on any atom is -0.461 e. The van der Waals surface area contributed by atoms with E-state index >= 15 is 0 Å². The number of nitrogens with one attached hydrogen (secondary N) is 1. The largest absolute Gasteiger partial charge is 0.461 e. The fraction of sp³-hybridized carbons (Fsp3) is 0.429. The molecule has 178 valence electrons. The second-order valence-electron chi connectivity index (χ2n) is 7.77. The molecular formula is C21H29N6O5P. The Labute approximate surface area is 192 Å². The molecule has 2 aromatic heterocycles. The van der Waals surface area contributed by atoms with E-state index in [0.717, 1.165) is 0 Å². The zero-order chi connectivity index (χ0) is 24.0. The molecule has 1 aromatic carbocycles. The van der Waals surface area contributed by atoms with Gasteiger partial charge in [-0.25, -0.2) is 19.7 Å². The van der Waals surface area contributed by atoms with Gasteiger partial charge in [0.25, 0.3) is 8.03 Å². The lowest BCUT2D eigenvalue weighted by Crippen LogP contribution is -2.30. The van der Waals surface area contributed by atoms with Crippen molar-refractivity contribution in [1.29, 1.82) is 0 Å². The molecule has 12 heteroatoms. The van der Waals surface area contributed by atoms with E-state index in [4.69, 9.17) is 19.7 Å². The number of rotatable bonds is 11. The summed E-state index contributed by atoms with van der Waals surface area (Å²) in [6.07, 6.45) is 2.42. The molecule has 0 radical (unpaired) electrons. The van der Waals surface area contributed by atoms with Crippen molar-refractivity contribution < 1.29 is 23.4 Å². The lowest BCUT2D eigenvalue weighted by atomic mass is 10.2. The molecule has 3 rings (SSSR count). The standard InChI is InChI=1S/C21H29N6O5P/c1-13(2)31-21(28)15(4)26-16-7-5-6-8-17(16)32-33(29)12-30-14(3)9-27-11-25-18-19(22)23-10-24-20(18)27/h5-8,10-11,13-15,26,33H,9,12H2,1-4H3,(H2,22,23,24)/t14?,15-/m0/s1. The van der Waals surface area contributed by atoms with Gasteiger partial charge in [-0.05, 0) is 39.8 Å². The minimum absolute atomic E-state index is 0.0745. The van der Waals surface area contributed by atoms with Gasteiger partial charge in [-0.1, -0.05) is 12.1 Å². The Morgan fingerprint density at radius 2 is 1.94 bits per heavy atom. The first-order valence-electron chi connectivity index (χ1n) is 10.5. The summed E-state index contributed by atoms with van der Waals surface area (Å²) in [5.74, 6) is 0.295. The Morgan fingerprint density at radius 3 is 2.70 bits per heavy atom. The SMILES string of the molecule is CC(C)OC(=O)[C@H](C)Nc1ccccc1O[P@H](=O)COC(C)Cn1cnc2c(N)ncnc21. The number of imidazole rings is 1. The van der Waals surface area contributed by atoms with E-state index in [-0.39, 0.29) is 24.5 Å². The molecule has 0 spiro atoms. The number of nitrogens with zero attached hydrogens (tertiary/aromatic N) is 4. The maximum atomic E-state index is 12.6. The van der Waals surface area contributed by atoms with Crippen molar-refractivity contribution in [3.8, 4) is 5.75 Å². The molecule has 0 aliphatic rings. The number of anilines is 2. The molecule has 0 saturated heterocycles. The smallest absolute Gasteiger partial charge is 0.328 e. The van der Waals surface area contributed by atoms with Crippen LogP contribution in [0.3, 0.4) is 0 Å². The maximum Gasteiger partial charge on any atom is 0.328 e. The molecule has 0 aliphatic heterocycles. The van der Waals surface area contributed by atoms with Crippen LogP contribution in [0.25, 0.3) is 11.2 Å². The molecule has 33 heavy (non-hydrogen) atoms. The second kappa shape index (κ2) is 11.1. The number of nitrogen functional groups attached to an aromatic ring is 1. The number of benzene rings is 1. The third-order valence-electron chi connectivity index (χ3n) is 4.56. The average molecular weight is 476 g/mol. The van der Waals surface area contributed by atoms with Crippen LogP contribution < -0.4 is 15.6 Å². The number of esters is 1. The number of hydrogen-bond donors (Lipinski definition) is 2. The summed E-state index contributed by atoms with van der Waals surface area (Å²) < 4.78 is 30.9. The first-order chi connectivity index (χ1) is 15.7. The first-order valence-corrected chi connectivity index (χ1v) is 12.1. The lowest BCUT2D eigenvalue weighted by Gasteiger charge is -2.19. The highest BCUT2D eigenvalue weighted by molar-refractivity contribution is 7.39. The van der Waals surface area contributed by atoms with Crippen LogP contribution in [-0.4, -0.2) is 50.1 Å². The van der Waals surface area contributed by atoms with Crippen LogP contribution in [0.5, 0.6) is 5.75 Å². The van der Waals surface area contributed by atoms with E-state index in [2.05, 4.69) is 20.3 Å². The van der Waals surface area contributed by atoms with E-state index in [0.29, 0.717) is 35.0 Å². The van der Waals surface area contributed by atoms with Gasteiger partial charge >= 0.3 is 5.97 Å². The van der Waals surface area contributed by atoms with Crippen LogP contribution in [-0.2, 0) is 25.4 Å². The number of nitrogens with two attached hydrogens (primary N) is 1. The molecule has 0 saturated carbocycles. The van der Waals surface area contributed by atoms with Gasteiger partial charge in [-0.15, -0.1) is 0 Å². The van der Waals surface area contributed by atoms with Crippen molar-refractivity contribution in [2.24, 2.45) is 0 Å². The fourth-order valence-corrected chi connectivity index (χ4v) is 3.93. The van der Waals surface area contributed by atoms with Gasteiger partial charge in [0.15, 0.2) is 11.5 Å². The number of fused-ring (bicyclic) bond motifs is 1. The molecule has 1 unspecified atom stereocenters. The Kier molecular flexibility index (Phi) is 8.24. The minimum atomic E-state index is -2.56. The van der Waals surface area contributed by atoms with Crippen LogP contribution in [0, 0.1) is 0 Å². The predicted octanol–water partition coefficient (Wildman–Crippen LogP) is 3.08. The molecule has 3 N–H and O–H groups in total. The second-order valence-corrected chi connectivity index (χ2v) is 9.01. The van der Waals surface area contributed by atoms with Gasteiger partial charge in [0.05, 0.1) is 30.8 Å². The summed E-state index contributed by atoms with van der Waals surface area (Å²) >= 11 is 0. The van der Waals surface area contributed by atoms with E-state index < -0.39 is 14.1 Å². The van der Waals surface area contributed by atoms with Crippen molar-refractivity contribution in [3.63, 3.8) is 0 Å². The van der Waals surface area contributed by atoms with E-state index in [1.165, 1.54) is 6.33 Å². The number of para-hydroxylation sites is 2. The topological polar surface area (TPSA) is 143 Å². The molecule has 0 bridgehead atoms. The van der Waals surface area contributed by atoms with Crippen molar-refractivity contribution >= 4 is 36.7 Å². The fourth-order valence-electron chi connectivity index (χ4n) is 3.03. The van der Waals surface area contributed by atoms with Crippen LogP contribution in [0.15, 0.2) is 36.9 Å². The Balaban J connectivity index is 1.54. The highest BCUT2D eigenvalue weighted by atomic mass is 31.1. The summed E-state index contributed by atoms with van der Waals surface area (Å²) in [6.45, 7) is 7.55. The van der Waals surface area contributed by atoms with Crippen molar-refractivity contribution in [2.75, 3.05) is 17.4 Å². The molecular weight excluding hydrogens is 447 g/mol. The quantitative estimate of drug-likeness (QED) is 0.313. The molecule has 0 aliphatic carbocycles. The van der Waals surface area contributed by atoms with Crippen molar-refractivity contribution in [2.45, 2.75) is 52.5 Å². The summed E-state index contributed by atoms with van der Waals surface area (Å²) in [7, 11) is -2.56. The van der Waals surface area contributed by atoms with Crippen LogP contribution in [0.1, 0.15) is 27.7 Å². The maximum absolute atomic E-state index is 12.6. The number of carbonyl (C=O) groups is 1. The van der Waals surface area contributed by atoms with E-state index in [1.807, 2.05) is 6.92 Å². The highest BCUT2D eigenvalue weighted by Crippen LogP contribution is 2.33. The highest BCUT2D eigenvalue weighted by Gasteiger charge is 2.18. The van der Waals surface area contributed by atoms with Gasteiger partial charge in [0.2, 0.25) is 0 Å². The van der Waals surface area contributed by atoms with Crippen LogP contribution in [0.2, 0.25) is 0 Å². The molecule has 3 atom stereocenters. The van der Waals surface area contributed by atoms with Gasteiger partial charge in [-0.3, -0.25) is 4.57 Å². The lowest BCUT2D eigenvalue weighted by molar-refractivity contribution is -0.147. The van der Waals surface area contributed by atoms with Crippen LogP contribution >= 0.6 is 8.03 Å². The van der Waals surface area contributed by atoms with Crippen LogP contribution in [0.4, 0.5) is 11.5 Å². The first kappa shape index (κ1) is 24.5. The molecule has 2 heterocycles. The Hall–Kier alpha value is -3.17. The Bertz CT molecular complexity index is 1120. The molecule has 0 amide bonds. The number of carbonyl (C=O) groups excluding carboxylic acids is 1. The monoisotopic (exact) mass is 476 g/mol. The zero-order valence-corrected chi connectivity index (χ0v) is 20.0. The molecule has 3 aromatic rings. The number of hydrogen-bond acceptors (Lipinski definition) is 10. The molecule has 0 fully saturated rings. The molecule has 11 nitrogen and oxygen atoms in total. The third kappa shape index (κ3) is 6.66. The zero-order valence-electron chi connectivity index (χ0n) is 19.0. The number of ether oxygens (including phenoxy) is 2. The predicted molar refractivity (Wildman–Crippen MR) is 126 cm³/mol. The number of aromatic nitrogens is 4. The summed E-state index contributed by atoms with van der Waals surface area (Å²) in [4.78, 5) is 24.4. The van der Waals surface area contributed by atoms with Gasteiger partial charge in [0.1, 0.15) is 30.0 Å². The van der Waals surface area contributed by atoms with E-state index in [1.54, 1.807) is 55.9 Å². The normalized spacial score (nSPS) is 14.1. The Morgan fingerprint density at radius 1 is 1.18 bits per heavy atom. The summed E-state index contributed by atoms with van der Waals surface area (Å²) in [6, 6.07) is 6.37. The van der Waals surface area contributed by atoms with Gasteiger partial charge < -0.3 is 29.6 Å².